The molecule has 2 heterocycles. The highest BCUT2D eigenvalue weighted by atomic mass is 32.2. The second kappa shape index (κ2) is 8.89. The predicted molar refractivity (Wildman–Crippen MR) is 115 cm³/mol. The number of anilines is 1. The quantitative estimate of drug-likeness (QED) is 0.643. The van der Waals surface area contributed by atoms with Crippen LogP contribution in [0.5, 0.6) is 0 Å². The van der Waals surface area contributed by atoms with Crippen LogP contribution in [0.15, 0.2) is 71.3 Å². The Morgan fingerprint density at radius 3 is 2.60 bits per heavy atom. The first-order valence-electron chi connectivity index (χ1n) is 9.45. The van der Waals surface area contributed by atoms with Crippen molar-refractivity contribution >= 4 is 29.3 Å². The van der Waals surface area contributed by atoms with Gasteiger partial charge in [0.1, 0.15) is 11.1 Å². The Bertz CT molecular complexity index is 1070. The molecular weight excluding hydrogens is 398 g/mol. The van der Waals surface area contributed by atoms with Crippen molar-refractivity contribution in [1.29, 1.82) is 5.26 Å². The molecule has 1 aliphatic heterocycles. The summed E-state index contributed by atoms with van der Waals surface area (Å²) in [6.45, 7) is 0.424. The molecule has 150 valence electrons. The van der Waals surface area contributed by atoms with E-state index in [-0.39, 0.29) is 17.2 Å². The van der Waals surface area contributed by atoms with Crippen molar-refractivity contribution in [2.24, 2.45) is 0 Å². The molecule has 1 N–H and O–H groups in total. The van der Waals surface area contributed by atoms with Gasteiger partial charge in [0.15, 0.2) is 0 Å². The zero-order valence-corrected chi connectivity index (χ0v) is 16.9. The third-order valence-corrected chi connectivity index (χ3v) is 6.08. The van der Waals surface area contributed by atoms with E-state index in [0.29, 0.717) is 30.0 Å². The van der Waals surface area contributed by atoms with Gasteiger partial charge in [-0.25, -0.2) is 0 Å². The molecule has 0 saturated carbocycles. The van der Waals surface area contributed by atoms with Crippen molar-refractivity contribution < 1.29 is 14.0 Å². The van der Waals surface area contributed by atoms with Crippen LogP contribution in [0.3, 0.4) is 0 Å². The minimum atomic E-state index is -0.211. The van der Waals surface area contributed by atoms with E-state index in [1.165, 1.54) is 0 Å². The lowest BCUT2D eigenvalue weighted by Crippen LogP contribution is -2.27. The van der Waals surface area contributed by atoms with Crippen LogP contribution in [0, 0.1) is 11.3 Å². The smallest absolute Gasteiger partial charge is 0.255 e. The molecule has 7 heteroatoms. The highest BCUT2D eigenvalue weighted by Gasteiger charge is 2.33. The van der Waals surface area contributed by atoms with Crippen LogP contribution in [-0.4, -0.2) is 22.5 Å². The normalized spacial score (nSPS) is 15.8. The number of nitrogens with zero attached hydrogens (tertiary/aromatic N) is 2. The molecule has 1 aromatic heterocycles. The fraction of sp³-hybridized carbons (Fsp3) is 0.174. The first-order valence-corrected chi connectivity index (χ1v) is 10.5. The van der Waals surface area contributed by atoms with Gasteiger partial charge in [-0.05, 0) is 47.5 Å². The maximum absolute atomic E-state index is 12.5. The van der Waals surface area contributed by atoms with Crippen LogP contribution in [0.2, 0.25) is 0 Å². The van der Waals surface area contributed by atoms with Gasteiger partial charge in [0, 0.05) is 11.3 Å². The van der Waals surface area contributed by atoms with E-state index in [0.717, 1.165) is 16.9 Å². The summed E-state index contributed by atoms with van der Waals surface area (Å²) in [5.41, 5.74) is 3.08. The monoisotopic (exact) mass is 417 g/mol. The molecule has 6 nitrogen and oxygen atoms in total. The molecule has 2 amide bonds. The maximum atomic E-state index is 12.5. The largest absolute Gasteiger partial charge is 0.467 e. The molecule has 0 aliphatic carbocycles. The molecule has 0 bridgehead atoms. The molecule has 0 radical (unpaired) electrons. The van der Waals surface area contributed by atoms with E-state index in [9.17, 15) is 9.59 Å². The van der Waals surface area contributed by atoms with Gasteiger partial charge in [0.05, 0.1) is 31.1 Å². The Morgan fingerprint density at radius 2 is 1.93 bits per heavy atom. The molecule has 3 aromatic rings. The zero-order valence-electron chi connectivity index (χ0n) is 16.1. The van der Waals surface area contributed by atoms with Crippen molar-refractivity contribution in [1.82, 2.24) is 4.90 Å². The molecule has 0 spiro atoms. The number of carbonyl (C=O) groups excluding carboxylic acids is 2. The minimum Gasteiger partial charge on any atom is -0.467 e. The summed E-state index contributed by atoms with van der Waals surface area (Å²) in [6, 6.07) is 20.3. The van der Waals surface area contributed by atoms with Gasteiger partial charge in [-0.2, -0.15) is 5.26 Å². The van der Waals surface area contributed by atoms with Crippen LogP contribution in [0.1, 0.15) is 32.6 Å². The van der Waals surface area contributed by atoms with E-state index in [2.05, 4.69) is 11.4 Å². The Hall–Kier alpha value is -3.50. The lowest BCUT2D eigenvalue weighted by Gasteiger charge is -2.23. The number of amides is 2. The Labute approximate surface area is 178 Å². The average molecular weight is 417 g/mol. The number of furan rings is 1. The minimum absolute atomic E-state index is 0.0723. The van der Waals surface area contributed by atoms with Crippen molar-refractivity contribution in [2.75, 3.05) is 11.1 Å². The van der Waals surface area contributed by atoms with E-state index in [4.69, 9.17) is 9.68 Å². The van der Waals surface area contributed by atoms with Crippen LogP contribution >= 0.6 is 11.8 Å². The maximum Gasteiger partial charge on any atom is 0.255 e. The molecule has 0 unspecified atom stereocenters. The molecule has 1 saturated heterocycles. The second-order valence-corrected chi connectivity index (χ2v) is 7.94. The van der Waals surface area contributed by atoms with Crippen LogP contribution in [0.4, 0.5) is 5.69 Å². The van der Waals surface area contributed by atoms with E-state index < -0.39 is 0 Å². The lowest BCUT2D eigenvalue weighted by atomic mass is 10.1. The van der Waals surface area contributed by atoms with Gasteiger partial charge in [0.2, 0.25) is 5.91 Å². The summed E-state index contributed by atoms with van der Waals surface area (Å²) in [5.74, 6) is 1.03. The number of hydrogen-bond acceptors (Lipinski definition) is 5. The van der Waals surface area contributed by atoms with Gasteiger partial charge in [-0.1, -0.05) is 24.3 Å². The molecule has 1 atom stereocenters. The fourth-order valence-corrected chi connectivity index (χ4v) is 4.46. The lowest BCUT2D eigenvalue weighted by molar-refractivity contribution is -0.128. The summed E-state index contributed by atoms with van der Waals surface area (Å²) in [4.78, 5) is 26.6. The fourth-order valence-electron chi connectivity index (χ4n) is 3.27. The molecule has 4 rings (SSSR count). The van der Waals surface area contributed by atoms with E-state index in [1.54, 1.807) is 47.2 Å². The van der Waals surface area contributed by atoms with Crippen LogP contribution < -0.4 is 5.32 Å². The first-order chi connectivity index (χ1) is 14.6. The summed E-state index contributed by atoms with van der Waals surface area (Å²) in [7, 11) is 0. The van der Waals surface area contributed by atoms with Gasteiger partial charge in [-0.3, -0.25) is 9.59 Å². The van der Waals surface area contributed by atoms with Crippen LogP contribution in [-0.2, 0) is 17.8 Å². The number of hydrogen-bond donors (Lipinski definition) is 1. The summed E-state index contributed by atoms with van der Waals surface area (Å²) in [5, 5.41) is 11.5. The number of nitriles is 1. The van der Waals surface area contributed by atoms with Gasteiger partial charge >= 0.3 is 0 Å². The predicted octanol–water partition coefficient (Wildman–Crippen LogP) is 4.37. The average Bonchev–Trinajstić information content (AvgIpc) is 3.40. The van der Waals surface area contributed by atoms with Crippen LogP contribution in [0.25, 0.3) is 0 Å². The number of benzene rings is 2. The highest BCUT2D eigenvalue weighted by molar-refractivity contribution is 8.00. The Kier molecular flexibility index (Phi) is 5.87. The SMILES string of the molecule is N#CCc1ccc(NC(=O)c2ccc([C@@H]3SCC(=O)N3Cc3ccco3)cc2)cc1. The number of carbonyl (C=O) groups is 2. The molecular formula is C23H19N3O3S. The molecule has 2 aromatic carbocycles. The number of rotatable bonds is 6. The molecule has 1 aliphatic rings. The van der Waals surface area contributed by atoms with Crippen molar-refractivity contribution in [3.63, 3.8) is 0 Å². The van der Waals surface area contributed by atoms with Gasteiger partial charge in [-0.15, -0.1) is 11.8 Å². The number of thioether (sulfide) groups is 1. The zero-order chi connectivity index (χ0) is 20.9. The first kappa shape index (κ1) is 19.8. The molecule has 30 heavy (non-hydrogen) atoms. The van der Waals surface area contributed by atoms with Crippen molar-refractivity contribution in [2.45, 2.75) is 18.3 Å². The molecule has 1 fully saturated rings. The third kappa shape index (κ3) is 4.39. The topological polar surface area (TPSA) is 86.3 Å². The van der Waals surface area contributed by atoms with E-state index in [1.807, 2.05) is 36.4 Å². The Balaban J connectivity index is 1.43. The summed E-state index contributed by atoms with van der Waals surface area (Å²) < 4.78 is 5.38. The number of nitrogens with one attached hydrogen (secondary N) is 1. The summed E-state index contributed by atoms with van der Waals surface area (Å²) >= 11 is 1.57. The Morgan fingerprint density at radius 1 is 1.17 bits per heavy atom. The third-order valence-electron chi connectivity index (χ3n) is 4.83. The second-order valence-electron chi connectivity index (χ2n) is 6.87. The standard InChI is InChI=1S/C23H19N3O3S/c24-12-11-16-3-9-19(10-4-16)25-22(28)17-5-7-18(8-6-17)23-26(21(27)15-30-23)14-20-2-1-13-29-20/h1-10,13,23H,11,14-15H2,(H,25,28)/t23-/m0/s1. The van der Waals surface area contributed by atoms with Crippen molar-refractivity contribution in [3.05, 3.63) is 89.4 Å². The summed E-state index contributed by atoms with van der Waals surface area (Å²) in [6.07, 6.45) is 1.94. The van der Waals surface area contributed by atoms with E-state index >= 15 is 0 Å². The highest BCUT2D eigenvalue weighted by Crippen LogP contribution is 2.39. The van der Waals surface area contributed by atoms with Crippen molar-refractivity contribution in [3.8, 4) is 6.07 Å². The van der Waals surface area contributed by atoms with Gasteiger partial charge < -0.3 is 14.6 Å². The van der Waals surface area contributed by atoms with Gasteiger partial charge in [0.25, 0.3) is 5.91 Å².